The van der Waals surface area contributed by atoms with Crippen molar-refractivity contribution >= 4 is 28.8 Å². The molecule has 0 amide bonds. The quantitative estimate of drug-likeness (QED) is 0.611. The van der Waals surface area contributed by atoms with Gasteiger partial charge in [-0.25, -0.2) is 4.98 Å². The Balaban J connectivity index is 2.14. The Bertz CT molecular complexity index is 495. The molecular weight excluding hydrogens is 240 g/mol. The molecule has 78 valence electrons. The molecule has 0 atom stereocenters. The average Bonchev–Trinajstić information content (AvgIpc) is 2.76. The third kappa shape index (κ3) is 2.31. The van der Waals surface area contributed by atoms with Crippen molar-refractivity contribution in [3.8, 4) is 0 Å². The zero-order chi connectivity index (χ0) is 10.8. The minimum Gasteiger partial charge on any atom is -0.358 e. The van der Waals surface area contributed by atoms with Gasteiger partial charge in [0.25, 0.3) is 0 Å². The maximum absolute atomic E-state index is 10.4. The normalized spacial score (nSPS) is 10.5. The van der Waals surface area contributed by atoms with Gasteiger partial charge in [-0.2, -0.15) is 4.68 Å². The standard InChI is InChI=1S/C7H5ClN4O2S/c8-7-9-5(4-15-7)3-11-2-1-6(10-11)12(13)14/h1-2,4H,3H2. The first-order chi connectivity index (χ1) is 7.15. The number of hydrogen-bond acceptors (Lipinski definition) is 5. The molecule has 2 rings (SSSR count). The first-order valence-electron chi connectivity index (χ1n) is 3.93. The maximum Gasteiger partial charge on any atom is 0.389 e. The highest BCUT2D eigenvalue weighted by Crippen LogP contribution is 2.16. The Labute approximate surface area is 93.3 Å². The third-order valence-corrected chi connectivity index (χ3v) is 2.69. The van der Waals surface area contributed by atoms with E-state index >= 15 is 0 Å². The largest absolute Gasteiger partial charge is 0.389 e. The van der Waals surface area contributed by atoms with Crippen LogP contribution in [0.3, 0.4) is 0 Å². The fourth-order valence-corrected chi connectivity index (χ4v) is 1.83. The first-order valence-corrected chi connectivity index (χ1v) is 5.18. The molecule has 0 aliphatic heterocycles. The number of nitrogens with zero attached hydrogens (tertiary/aromatic N) is 4. The van der Waals surface area contributed by atoms with Gasteiger partial charge in [-0.3, -0.25) is 0 Å². The van der Waals surface area contributed by atoms with E-state index in [-0.39, 0.29) is 5.82 Å². The van der Waals surface area contributed by atoms with Crippen LogP contribution in [-0.4, -0.2) is 19.7 Å². The Morgan fingerprint density at radius 3 is 3.00 bits per heavy atom. The van der Waals surface area contributed by atoms with E-state index in [2.05, 4.69) is 10.1 Å². The molecule has 0 saturated carbocycles. The summed E-state index contributed by atoms with van der Waals surface area (Å²) in [6, 6.07) is 1.34. The number of aromatic nitrogens is 3. The lowest BCUT2D eigenvalue weighted by Crippen LogP contribution is -2.01. The molecule has 8 heteroatoms. The summed E-state index contributed by atoms with van der Waals surface area (Å²) in [7, 11) is 0. The summed E-state index contributed by atoms with van der Waals surface area (Å²) in [6.45, 7) is 0.386. The summed E-state index contributed by atoms with van der Waals surface area (Å²) in [5.41, 5.74) is 0.739. The molecular formula is C7H5ClN4O2S. The maximum atomic E-state index is 10.4. The van der Waals surface area contributed by atoms with Crippen molar-refractivity contribution in [1.82, 2.24) is 14.8 Å². The molecule has 0 fully saturated rings. The van der Waals surface area contributed by atoms with E-state index in [0.717, 1.165) is 5.69 Å². The van der Waals surface area contributed by atoms with Crippen LogP contribution < -0.4 is 0 Å². The van der Waals surface area contributed by atoms with Crippen LogP contribution in [0.2, 0.25) is 4.47 Å². The van der Waals surface area contributed by atoms with E-state index in [0.29, 0.717) is 11.0 Å². The second-order valence-corrected chi connectivity index (χ2v) is 4.16. The van der Waals surface area contributed by atoms with Crippen LogP contribution in [0.5, 0.6) is 0 Å². The van der Waals surface area contributed by atoms with Crippen molar-refractivity contribution in [1.29, 1.82) is 0 Å². The zero-order valence-electron chi connectivity index (χ0n) is 7.33. The molecule has 15 heavy (non-hydrogen) atoms. The molecule has 0 aliphatic carbocycles. The lowest BCUT2D eigenvalue weighted by Gasteiger charge is -1.90. The summed E-state index contributed by atoms with van der Waals surface area (Å²) < 4.78 is 1.90. The molecule has 0 spiro atoms. The van der Waals surface area contributed by atoms with E-state index in [1.165, 1.54) is 28.3 Å². The predicted octanol–water partition coefficient (Wildman–Crippen LogP) is 1.95. The van der Waals surface area contributed by atoms with E-state index in [1.807, 2.05) is 0 Å². The highest BCUT2D eigenvalue weighted by molar-refractivity contribution is 7.13. The van der Waals surface area contributed by atoms with Crippen LogP contribution in [0.25, 0.3) is 0 Å². The summed E-state index contributed by atoms with van der Waals surface area (Å²) in [4.78, 5) is 13.8. The second kappa shape index (κ2) is 3.95. The van der Waals surface area contributed by atoms with Crippen LogP contribution in [0.4, 0.5) is 5.82 Å². The smallest absolute Gasteiger partial charge is 0.358 e. The van der Waals surface area contributed by atoms with Crippen LogP contribution in [0, 0.1) is 10.1 Å². The lowest BCUT2D eigenvalue weighted by molar-refractivity contribution is -0.389. The summed E-state index contributed by atoms with van der Waals surface area (Å²) >= 11 is 6.97. The molecule has 0 aliphatic rings. The Hall–Kier alpha value is -1.47. The van der Waals surface area contributed by atoms with Crippen molar-refractivity contribution in [2.45, 2.75) is 6.54 Å². The van der Waals surface area contributed by atoms with E-state index in [1.54, 1.807) is 5.38 Å². The first kappa shape index (κ1) is 10.1. The van der Waals surface area contributed by atoms with Crippen LogP contribution >= 0.6 is 22.9 Å². The monoisotopic (exact) mass is 244 g/mol. The highest BCUT2D eigenvalue weighted by atomic mass is 35.5. The van der Waals surface area contributed by atoms with E-state index in [9.17, 15) is 10.1 Å². The van der Waals surface area contributed by atoms with Gasteiger partial charge >= 0.3 is 5.82 Å². The van der Waals surface area contributed by atoms with Gasteiger partial charge in [-0.05, 0) is 4.92 Å². The van der Waals surface area contributed by atoms with Crippen molar-refractivity contribution in [3.05, 3.63) is 37.9 Å². The molecule has 0 N–H and O–H groups in total. The Morgan fingerprint density at radius 1 is 1.67 bits per heavy atom. The Morgan fingerprint density at radius 2 is 2.47 bits per heavy atom. The fourth-order valence-electron chi connectivity index (χ4n) is 1.06. The topological polar surface area (TPSA) is 73.8 Å². The molecule has 2 aromatic heterocycles. The lowest BCUT2D eigenvalue weighted by atomic mass is 10.5. The van der Waals surface area contributed by atoms with Crippen molar-refractivity contribution < 1.29 is 4.92 Å². The van der Waals surface area contributed by atoms with Gasteiger partial charge in [0.15, 0.2) is 4.47 Å². The third-order valence-electron chi connectivity index (χ3n) is 1.66. The number of rotatable bonds is 3. The van der Waals surface area contributed by atoms with Crippen molar-refractivity contribution in [2.75, 3.05) is 0 Å². The minimum atomic E-state index is -0.537. The number of thiazole rings is 1. The van der Waals surface area contributed by atoms with Crippen LogP contribution in [-0.2, 0) is 6.54 Å². The molecule has 0 aromatic carbocycles. The highest BCUT2D eigenvalue weighted by Gasteiger charge is 2.11. The number of halogens is 1. The number of nitro groups is 1. The van der Waals surface area contributed by atoms with Gasteiger partial charge in [0.2, 0.25) is 0 Å². The molecule has 0 radical (unpaired) electrons. The van der Waals surface area contributed by atoms with Gasteiger partial charge < -0.3 is 10.1 Å². The average molecular weight is 245 g/mol. The van der Waals surface area contributed by atoms with Gasteiger partial charge in [0, 0.05) is 5.38 Å². The molecule has 0 saturated heterocycles. The Kier molecular flexibility index (Phi) is 2.65. The summed E-state index contributed by atoms with van der Waals surface area (Å²) in [5, 5.41) is 15.9. The van der Waals surface area contributed by atoms with Gasteiger partial charge in [0.1, 0.15) is 6.54 Å². The zero-order valence-corrected chi connectivity index (χ0v) is 8.90. The van der Waals surface area contributed by atoms with E-state index < -0.39 is 4.92 Å². The molecule has 2 heterocycles. The SMILES string of the molecule is O=[N+]([O-])c1ccn(Cc2csc(Cl)n2)n1. The molecule has 6 nitrogen and oxygen atoms in total. The van der Waals surface area contributed by atoms with Crippen molar-refractivity contribution in [2.24, 2.45) is 0 Å². The minimum absolute atomic E-state index is 0.170. The molecule has 0 bridgehead atoms. The van der Waals surface area contributed by atoms with Gasteiger partial charge in [0.05, 0.1) is 23.1 Å². The fraction of sp³-hybridized carbons (Fsp3) is 0.143. The van der Waals surface area contributed by atoms with E-state index in [4.69, 9.17) is 11.6 Å². The van der Waals surface area contributed by atoms with Crippen LogP contribution in [0.1, 0.15) is 5.69 Å². The van der Waals surface area contributed by atoms with Gasteiger partial charge in [-0.1, -0.05) is 11.6 Å². The van der Waals surface area contributed by atoms with Crippen LogP contribution in [0.15, 0.2) is 17.6 Å². The summed E-state index contributed by atoms with van der Waals surface area (Å²) in [5.74, 6) is -0.170. The summed E-state index contributed by atoms with van der Waals surface area (Å²) in [6.07, 6.45) is 1.53. The predicted molar refractivity (Wildman–Crippen MR) is 55.1 cm³/mol. The van der Waals surface area contributed by atoms with Gasteiger partial charge in [-0.15, -0.1) is 11.3 Å². The number of hydrogen-bond donors (Lipinski definition) is 0. The second-order valence-electron chi connectivity index (χ2n) is 2.72. The molecule has 0 unspecified atom stereocenters. The van der Waals surface area contributed by atoms with Crippen molar-refractivity contribution in [3.63, 3.8) is 0 Å². The molecule has 2 aromatic rings.